The summed E-state index contributed by atoms with van der Waals surface area (Å²) in [5, 5.41) is 4.34. The zero-order valence-corrected chi connectivity index (χ0v) is 13.5. The predicted octanol–water partition coefficient (Wildman–Crippen LogP) is 4.83. The first-order valence-corrected chi connectivity index (χ1v) is 8.10. The second-order valence-electron chi connectivity index (χ2n) is 5.95. The molecule has 0 amide bonds. The molecule has 20 heavy (non-hydrogen) atoms. The van der Waals surface area contributed by atoms with Crippen LogP contribution < -0.4 is 10.1 Å². The van der Waals surface area contributed by atoms with Crippen molar-refractivity contribution < 1.29 is 4.74 Å². The van der Waals surface area contributed by atoms with Crippen molar-refractivity contribution in [3.8, 4) is 5.75 Å². The molecule has 1 aromatic carbocycles. The Hall–Kier alpha value is -0.730. The molecule has 0 aromatic heterocycles. The zero-order chi connectivity index (χ0) is 14.5. The van der Waals surface area contributed by atoms with Crippen molar-refractivity contribution in [3.63, 3.8) is 0 Å². The quantitative estimate of drug-likeness (QED) is 0.840. The monoisotopic (exact) mass is 295 g/mol. The van der Waals surface area contributed by atoms with Gasteiger partial charge in [0.05, 0.1) is 12.1 Å². The highest BCUT2D eigenvalue weighted by Gasteiger charge is 2.27. The first kappa shape index (κ1) is 15.7. The molecule has 0 heterocycles. The van der Waals surface area contributed by atoms with Crippen LogP contribution in [0.3, 0.4) is 0 Å². The van der Waals surface area contributed by atoms with Crippen LogP contribution in [0.4, 0.5) is 0 Å². The van der Waals surface area contributed by atoms with Gasteiger partial charge in [-0.25, -0.2) is 0 Å². The summed E-state index contributed by atoms with van der Waals surface area (Å²) >= 11 is 6.14. The highest BCUT2D eigenvalue weighted by atomic mass is 35.5. The van der Waals surface area contributed by atoms with Gasteiger partial charge in [0, 0.05) is 6.04 Å². The number of hydrogen-bond acceptors (Lipinski definition) is 2. The van der Waals surface area contributed by atoms with E-state index in [-0.39, 0.29) is 0 Å². The van der Waals surface area contributed by atoms with Crippen LogP contribution in [0.25, 0.3) is 0 Å². The minimum atomic E-state index is 0.415. The van der Waals surface area contributed by atoms with Gasteiger partial charge < -0.3 is 10.1 Å². The third-order valence-electron chi connectivity index (χ3n) is 4.49. The fourth-order valence-corrected chi connectivity index (χ4v) is 3.46. The molecular formula is C17H26ClNO. The van der Waals surface area contributed by atoms with Crippen LogP contribution in [0.1, 0.15) is 51.1 Å². The van der Waals surface area contributed by atoms with Crippen molar-refractivity contribution >= 4 is 11.6 Å². The van der Waals surface area contributed by atoms with E-state index in [0.29, 0.717) is 11.1 Å². The van der Waals surface area contributed by atoms with Crippen LogP contribution >= 0.6 is 11.6 Å². The van der Waals surface area contributed by atoms with Crippen molar-refractivity contribution in [2.24, 2.45) is 11.8 Å². The van der Waals surface area contributed by atoms with Gasteiger partial charge in [0.2, 0.25) is 0 Å². The Morgan fingerprint density at radius 1 is 1.30 bits per heavy atom. The summed E-state index contributed by atoms with van der Waals surface area (Å²) in [6.45, 7) is 5.52. The smallest absolute Gasteiger partial charge is 0.137 e. The molecule has 0 spiro atoms. The fourth-order valence-electron chi connectivity index (χ4n) is 3.27. The first-order valence-electron chi connectivity index (χ1n) is 7.72. The maximum Gasteiger partial charge on any atom is 0.137 e. The number of hydrogen-bond donors (Lipinski definition) is 1. The van der Waals surface area contributed by atoms with Crippen molar-refractivity contribution in [1.29, 1.82) is 0 Å². The minimum Gasteiger partial charge on any atom is -0.495 e. The lowest BCUT2D eigenvalue weighted by Gasteiger charge is -2.33. The zero-order valence-electron chi connectivity index (χ0n) is 12.8. The molecule has 1 aromatic rings. The molecule has 0 saturated heterocycles. The van der Waals surface area contributed by atoms with E-state index in [9.17, 15) is 0 Å². The van der Waals surface area contributed by atoms with Crippen LogP contribution in [0, 0.1) is 11.8 Å². The van der Waals surface area contributed by atoms with Gasteiger partial charge in [-0.05, 0) is 48.9 Å². The number of nitrogens with one attached hydrogen (secondary N) is 1. The Morgan fingerprint density at radius 3 is 2.60 bits per heavy atom. The van der Waals surface area contributed by atoms with Gasteiger partial charge in [0.1, 0.15) is 5.75 Å². The van der Waals surface area contributed by atoms with Gasteiger partial charge in [-0.1, -0.05) is 44.4 Å². The molecule has 2 nitrogen and oxygen atoms in total. The number of halogens is 1. The van der Waals surface area contributed by atoms with Gasteiger partial charge in [0.25, 0.3) is 0 Å². The van der Waals surface area contributed by atoms with E-state index < -0.39 is 0 Å². The Balaban J connectivity index is 2.19. The average molecular weight is 296 g/mol. The van der Waals surface area contributed by atoms with Crippen molar-refractivity contribution in [2.45, 2.75) is 45.6 Å². The van der Waals surface area contributed by atoms with Crippen molar-refractivity contribution in [2.75, 3.05) is 13.7 Å². The molecule has 1 fully saturated rings. The summed E-state index contributed by atoms with van der Waals surface area (Å²) in [7, 11) is 1.68. The van der Waals surface area contributed by atoms with E-state index in [1.54, 1.807) is 7.11 Å². The van der Waals surface area contributed by atoms with E-state index >= 15 is 0 Å². The third kappa shape index (κ3) is 3.67. The number of ether oxygens (including phenoxy) is 1. The molecule has 0 radical (unpaired) electrons. The molecular weight excluding hydrogens is 270 g/mol. The average Bonchev–Trinajstić information content (AvgIpc) is 2.47. The summed E-state index contributed by atoms with van der Waals surface area (Å²) in [5.41, 5.74) is 1.30. The summed E-state index contributed by atoms with van der Waals surface area (Å²) in [6, 6.07) is 6.59. The molecule has 112 valence electrons. The first-order chi connectivity index (χ1) is 9.65. The Kier molecular flexibility index (Phi) is 5.74. The maximum atomic E-state index is 6.14. The molecule has 1 aliphatic carbocycles. The van der Waals surface area contributed by atoms with E-state index in [1.807, 2.05) is 6.07 Å². The highest BCUT2D eigenvalue weighted by Crippen LogP contribution is 2.38. The number of methoxy groups -OCH3 is 1. The summed E-state index contributed by atoms with van der Waals surface area (Å²) in [4.78, 5) is 0. The van der Waals surface area contributed by atoms with Gasteiger partial charge in [-0.3, -0.25) is 0 Å². The van der Waals surface area contributed by atoms with E-state index in [4.69, 9.17) is 16.3 Å². The van der Waals surface area contributed by atoms with Crippen LogP contribution in [0.15, 0.2) is 18.2 Å². The molecule has 1 aliphatic rings. The molecule has 1 N–H and O–H groups in total. The van der Waals surface area contributed by atoms with Gasteiger partial charge in [0.15, 0.2) is 0 Å². The summed E-state index contributed by atoms with van der Waals surface area (Å²) in [6.07, 6.45) is 5.31. The Bertz CT molecular complexity index is 427. The van der Waals surface area contributed by atoms with Gasteiger partial charge in [-0.15, -0.1) is 0 Å². The van der Waals surface area contributed by atoms with E-state index in [1.165, 1.54) is 31.2 Å². The van der Waals surface area contributed by atoms with Gasteiger partial charge >= 0.3 is 0 Å². The third-order valence-corrected chi connectivity index (χ3v) is 4.80. The number of benzene rings is 1. The lowest BCUT2D eigenvalue weighted by molar-refractivity contribution is 0.233. The molecule has 0 aliphatic heterocycles. The lowest BCUT2D eigenvalue weighted by Crippen LogP contribution is -2.30. The van der Waals surface area contributed by atoms with Crippen LogP contribution in [-0.4, -0.2) is 13.7 Å². The van der Waals surface area contributed by atoms with Crippen LogP contribution in [-0.2, 0) is 0 Å². The van der Waals surface area contributed by atoms with E-state index in [2.05, 4.69) is 31.3 Å². The van der Waals surface area contributed by atoms with Crippen molar-refractivity contribution in [3.05, 3.63) is 28.8 Å². The SMILES string of the molecule is CCNC(c1ccc(Cl)c(OC)c1)C1CCC(C)CC1. The summed E-state index contributed by atoms with van der Waals surface area (Å²) in [5.74, 6) is 2.38. The molecule has 0 bridgehead atoms. The second kappa shape index (κ2) is 7.33. The Morgan fingerprint density at radius 2 is 2.00 bits per heavy atom. The topological polar surface area (TPSA) is 21.3 Å². The minimum absolute atomic E-state index is 0.415. The largest absolute Gasteiger partial charge is 0.495 e. The molecule has 1 unspecified atom stereocenters. The standard InChI is InChI=1S/C17H26ClNO/c1-4-19-17(13-7-5-12(2)6-8-13)14-9-10-15(18)16(11-14)20-3/h9-13,17,19H,4-8H2,1-3H3. The predicted molar refractivity (Wildman–Crippen MR) is 85.5 cm³/mol. The fraction of sp³-hybridized carbons (Fsp3) is 0.647. The van der Waals surface area contributed by atoms with Gasteiger partial charge in [-0.2, -0.15) is 0 Å². The van der Waals surface area contributed by atoms with Crippen molar-refractivity contribution in [1.82, 2.24) is 5.32 Å². The second-order valence-corrected chi connectivity index (χ2v) is 6.36. The van der Waals surface area contributed by atoms with E-state index in [0.717, 1.165) is 24.1 Å². The highest BCUT2D eigenvalue weighted by molar-refractivity contribution is 6.32. The molecule has 1 saturated carbocycles. The normalized spacial score (nSPS) is 24.4. The molecule has 2 rings (SSSR count). The van der Waals surface area contributed by atoms with Crippen LogP contribution in [0.2, 0.25) is 5.02 Å². The summed E-state index contributed by atoms with van der Waals surface area (Å²) < 4.78 is 5.36. The van der Waals surface area contributed by atoms with Crippen LogP contribution in [0.5, 0.6) is 5.75 Å². The maximum absolute atomic E-state index is 6.14. The molecule has 1 atom stereocenters. The molecule has 3 heteroatoms. The Labute approximate surface area is 127 Å². The lowest BCUT2D eigenvalue weighted by atomic mass is 9.77. The number of rotatable bonds is 5.